The van der Waals surface area contributed by atoms with Crippen molar-refractivity contribution in [1.82, 2.24) is 5.43 Å². The average molecular weight is 578 g/mol. The lowest BCUT2D eigenvalue weighted by Crippen LogP contribution is -2.18. The Kier molecular flexibility index (Phi) is 8.11. The molecule has 0 fully saturated rings. The number of carbonyl (C=O) groups is 2. The SMILES string of the molecule is O=C(NN=Cc1cc(Br)ccc1OC(=O)c1ccccc1)c1ccc(NS(=O)(=O)c2ccccc2)cc1. The lowest BCUT2D eigenvalue weighted by molar-refractivity contribution is 0.0734. The predicted octanol–water partition coefficient (Wildman–Crippen LogP) is 5.23. The molecular formula is C27H20BrN3O5S. The molecule has 0 aliphatic heterocycles. The van der Waals surface area contributed by atoms with E-state index in [4.69, 9.17) is 4.74 Å². The van der Waals surface area contributed by atoms with E-state index in [1.807, 2.05) is 0 Å². The largest absolute Gasteiger partial charge is 0.422 e. The zero-order valence-electron chi connectivity index (χ0n) is 19.2. The van der Waals surface area contributed by atoms with Crippen LogP contribution in [0.25, 0.3) is 0 Å². The monoisotopic (exact) mass is 577 g/mol. The molecule has 186 valence electrons. The minimum Gasteiger partial charge on any atom is -0.422 e. The average Bonchev–Trinajstić information content (AvgIpc) is 2.91. The van der Waals surface area contributed by atoms with Crippen molar-refractivity contribution < 1.29 is 22.7 Å². The van der Waals surface area contributed by atoms with Crippen molar-refractivity contribution in [2.45, 2.75) is 4.90 Å². The number of esters is 1. The Morgan fingerprint density at radius 1 is 0.811 bits per heavy atom. The van der Waals surface area contributed by atoms with Crippen molar-refractivity contribution in [3.63, 3.8) is 0 Å². The van der Waals surface area contributed by atoms with Crippen LogP contribution in [0, 0.1) is 0 Å². The fourth-order valence-electron chi connectivity index (χ4n) is 3.17. The van der Waals surface area contributed by atoms with E-state index in [9.17, 15) is 18.0 Å². The first-order valence-electron chi connectivity index (χ1n) is 10.9. The molecule has 10 heteroatoms. The van der Waals surface area contributed by atoms with E-state index in [1.165, 1.54) is 42.6 Å². The predicted molar refractivity (Wildman–Crippen MR) is 144 cm³/mol. The van der Waals surface area contributed by atoms with Crippen molar-refractivity contribution in [1.29, 1.82) is 0 Å². The molecule has 4 rings (SSSR count). The van der Waals surface area contributed by atoms with Gasteiger partial charge in [-0.1, -0.05) is 52.3 Å². The highest BCUT2D eigenvalue weighted by Gasteiger charge is 2.14. The quantitative estimate of drug-likeness (QED) is 0.129. The summed E-state index contributed by atoms with van der Waals surface area (Å²) in [6.07, 6.45) is 1.36. The van der Waals surface area contributed by atoms with Gasteiger partial charge in [0.2, 0.25) is 0 Å². The van der Waals surface area contributed by atoms with Gasteiger partial charge in [-0.15, -0.1) is 0 Å². The summed E-state index contributed by atoms with van der Waals surface area (Å²) >= 11 is 3.37. The zero-order chi connectivity index (χ0) is 26.3. The number of carbonyl (C=O) groups excluding carboxylic acids is 2. The number of hydrogen-bond donors (Lipinski definition) is 2. The Labute approximate surface area is 222 Å². The van der Waals surface area contributed by atoms with E-state index in [2.05, 4.69) is 31.2 Å². The fraction of sp³-hybridized carbons (Fsp3) is 0. The molecule has 0 aliphatic carbocycles. The van der Waals surface area contributed by atoms with Crippen LogP contribution in [0.5, 0.6) is 5.75 Å². The van der Waals surface area contributed by atoms with Crippen LogP contribution in [0.2, 0.25) is 0 Å². The molecule has 0 radical (unpaired) electrons. The molecular weight excluding hydrogens is 558 g/mol. The Morgan fingerprint density at radius 3 is 2.14 bits per heavy atom. The van der Waals surface area contributed by atoms with Gasteiger partial charge in [0.1, 0.15) is 5.75 Å². The molecule has 8 nitrogen and oxygen atoms in total. The lowest BCUT2D eigenvalue weighted by atomic mass is 10.2. The first-order valence-corrected chi connectivity index (χ1v) is 13.2. The van der Waals surface area contributed by atoms with Crippen molar-refractivity contribution in [3.05, 3.63) is 124 Å². The van der Waals surface area contributed by atoms with E-state index >= 15 is 0 Å². The van der Waals surface area contributed by atoms with Crippen LogP contribution in [-0.4, -0.2) is 26.5 Å². The van der Waals surface area contributed by atoms with Gasteiger partial charge in [-0.25, -0.2) is 18.6 Å². The molecule has 0 aromatic heterocycles. The normalized spacial score (nSPS) is 11.2. The van der Waals surface area contributed by atoms with Gasteiger partial charge in [0.25, 0.3) is 15.9 Å². The Hall–Kier alpha value is -4.28. The molecule has 0 atom stereocenters. The number of nitrogens with zero attached hydrogens (tertiary/aromatic N) is 1. The molecule has 0 saturated heterocycles. The number of rotatable bonds is 8. The smallest absolute Gasteiger partial charge is 0.343 e. The summed E-state index contributed by atoms with van der Waals surface area (Å²) in [6, 6.07) is 27.5. The van der Waals surface area contributed by atoms with E-state index in [1.54, 1.807) is 66.7 Å². The molecule has 0 heterocycles. The maximum atomic E-state index is 12.5. The molecule has 37 heavy (non-hydrogen) atoms. The second-order valence-electron chi connectivity index (χ2n) is 7.63. The van der Waals surface area contributed by atoms with Crippen LogP contribution in [0.1, 0.15) is 26.3 Å². The van der Waals surface area contributed by atoms with E-state index in [0.29, 0.717) is 16.8 Å². The fourth-order valence-corrected chi connectivity index (χ4v) is 4.63. The first-order chi connectivity index (χ1) is 17.8. The minimum absolute atomic E-state index is 0.132. The van der Waals surface area contributed by atoms with Gasteiger partial charge < -0.3 is 4.74 Å². The van der Waals surface area contributed by atoms with Gasteiger partial charge in [0.05, 0.1) is 16.7 Å². The topological polar surface area (TPSA) is 114 Å². The van der Waals surface area contributed by atoms with Gasteiger partial charge in [-0.05, 0) is 66.7 Å². The Bertz CT molecular complexity index is 1540. The number of nitrogens with one attached hydrogen (secondary N) is 2. The molecule has 4 aromatic carbocycles. The molecule has 0 spiro atoms. The van der Waals surface area contributed by atoms with Gasteiger partial charge in [-0.2, -0.15) is 5.10 Å². The van der Waals surface area contributed by atoms with E-state index < -0.39 is 21.9 Å². The molecule has 0 bridgehead atoms. The molecule has 4 aromatic rings. The number of ether oxygens (including phenoxy) is 1. The summed E-state index contributed by atoms with van der Waals surface area (Å²) in [5.74, 6) is -0.763. The number of sulfonamides is 1. The van der Waals surface area contributed by atoms with Crippen LogP contribution in [-0.2, 0) is 10.0 Å². The standard InChI is InChI=1S/C27H20BrN3O5S/c28-22-13-16-25(36-27(33)20-7-3-1-4-8-20)21(17-22)18-29-30-26(32)19-11-14-23(15-12-19)31-37(34,35)24-9-5-2-6-10-24/h1-18,31H,(H,30,32). The highest BCUT2D eigenvalue weighted by Crippen LogP contribution is 2.23. The van der Waals surface area contributed by atoms with Crippen LogP contribution in [0.3, 0.4) is 0 Å². The molecule has 2 N–H and O–H groups in total. The maximum Gasteiger partial charge on any atom is 0.343 e. The summed E-state index contributed by atoms with van der Waals surface area (Å²) in [5, 5.41) is 3.97. The first kappa shape index (κ1) is 25.8. The number of hydrazone groups is 1. The van der Waals surface area contributed by atoms with Crippen molar-refractivity contribution in [2.24, 2.45) is 5.10 Å². The maximum absolute atomic E-state index is 12.5. The summed E-state index contributed by atoms with van der Waals surface area (Å²) in [4.78, 5) is 25.1. The molecule has 0 unspecified atom stereocenters. The number of benzene rings is 4. The summed E-state index contributed by atoms with van der Waals surface area (Å²) in [6.45, 7) is 0. The summed E-state index contributed by atoms with van der Waals surface area (Å²) < 4.78 is 33.6. The number of amides is 1. The minimum atomic E-state index is -3.74. The second kappa shape index (κ2) is 11.6. The number of hydrogen-bond acceptors (Lipinski definition) is 6. The van der Waals surface area contributed by atoms with Crippen LogP contribution in [0.4, 0.5) is 5.69 Å². The lowest BCUT2D eigenvalue weighted by Gasteiger charge is -2.09. The van der Waals surface area contributed by atoms with Gasteiger partial charge in [0, 0.05) is 21.3 Å². The van der Waals surface area contributed by atoms with Crippen molar-refractivity contribution in [2.75, 3.05) is 4.72 Å². The highest BCUT2D eigenvalue weighted by molar-refractivity contribution is 9.10. The van der Waals surface area contributed by atoms with Gasteiger partial charge >= 0.3 is 5.97 Å². The molecule has 0 saturated carbocycles. The third-order valence-corrected chi connectivity index (χ3v) is 6.90. The highest BCUT2D eigenvalue weighted by atomic mass is 79.9. The molecule has 1 amide bonds. The van der Waals surface area contributed by atoms with E-state index in [-0.39, 0.29) is 16.2 Å². The van der Waals surface area contributed by atoms with Crippen LogP contribution in [0.15, 0.2) is 118 Å². The van der Waals surface area contributed by atoms with Crippen molar-refractivity contribution in [3.8, 4) is 5.75 Å². The van der Waals surface area contributed by atoms with E-state index in [0.717, 1.165) is 4.47 Å². The Balaban J connectivity index is 1.41. The number of halogens is 1. The van der Waals surface area contributed by atoms with Crippen molar-refractivity contribution >= 4 is 49.7 Å². The third-order valence-electron chi connectivity index (χ3n) is 5.01. The van der Waals surface area contributed by atoms with Crippen LogP contribution >= 0.6 is 15.9 Å². The van der Waals surface area contributed by atoms with Gasteiger partial charge in [-0.3, -0.25) is 9.52 Å². The second-order valence-corrected chi connectivity index (χ2v) is 10.2. The zero-order valence-corrected chi connectivity index (χ0v) is 21.6. The summed E-state index contributed by atoms with van der Waals surface area (Å²) in [7, 11) is -3.74. The Morgan fingerprint density at radius 2 is 1.46 bits per heavy atom. The van der Waals surface area contributed by atoms with Crippen LogP contribution < -0.4 is 14.9 Å². The number of anilines is 1. The third kappa shape index (κ3) is 6.90. The molecule has 0 aliphatic rings. The van der Waals surface area contributed by atoms with Gasteiger partial charge in [0.15, 0.2) is 0 Å². The summed E-state index contributed by atoms with van der Waals surface area (Å²) in [5.41, 5.74) is 3.85.